The van der Waals surface area contributed by atoms with E-state index in [1.54, 1.807) is 6.20 Å². The molecule has 2 N–H and O–H groups in total. The first-order valence-corrected chi connectivity index (χ1v) is 6.25. The van der Waals surface area contributed by atoms with Crippen LogP contribution >= 0.6 is 0 Å². The van der Waals surface area contributed by atoms with Crippen LogP contribution in [0, 0.1) is 5.92 Å². The molecule has 2 rings (SSSR count). The number of hydrogen-bond acceptors (Lipinski definition) is 3. The van der Waals surface area contributed by atoms with E-state index in [1.165, 1.54) is 26.2 Å². The Morgan fingerprint density at radius 2 is 2.35 bits per heavy atom. The van der Waals surface area contributed by atoms with Gasteiger partial charge in [0.25, 0.3) is 0 Å². The zero-order chi connectivity index (χ0) is 12.1. The summed E-state index contributed by atoms with van der Waals surface area (Å²) in [5, 5.41) is 10.3. The molecule has 0 aromatic carbocycles. The number of rotatable bonds is 4. The molecule has 1 aliphatic heterocycles. The fraction of sp³-hybridized carbons (Fsp3) is 0.667. The molecule has 0 atom stereocenters. The van der Waals surface area contributed by atoms with E-state index in [2.05, 4.69) is 15.7 Å². The second kappa shape index (κ2) is 5.82. The smallest absolute Gasteiger partial charge is 0.221 e. The van der Waals surface area contributed by atoms with Gasteiger partial charge in [-0.25, -0.2) is 0 Å². The summed E-state index contributed by atoms with van der Waals surface area (Å²) in [6.45, 7) is 4.72. The standard InChI is InChI=1S/C12H20N4O/c1-10(17)15-12-8-14-16(9-12)7-4-11-2-5-13-6-3-11/h8-9,11,13H,2-7H2,1H3,(H,15,17). The van der Waals surface area contributed by atoms with Crippen molar-refractivity contribution in [2.24, 2.45) is 5.92 Å². The van der Waals surface area contributed by atoms with Gasteiger partial charge in [0, 0.05) is 19.7 Å². The van der Waals surface area contributed by atoms with Crippen LogP contribution in [0.5, 0.6) is 0 Å². The quantitative estimate of drug-likeness (QED) is 0.826. The second-order valence-electron chi connectivity index (χ2n) is 4.66. The van der Waals surface area contributed by atoms with Crippen LogP contribution in [-0.2, 0) is 11.3 Å². The molecule has 0 spiro atoms. The topological polar surface area (TPSA) is 59.0 Å². The SMILES string of the molecule is CC(=O)Nc1cnn(CCC2CCNCC2)c1. The van der Waals surface area contributed by atoms with Crippen molar-refractivity contribution in [3.63, 3.8) is 0 Å². The van der Waals surface area contributed by atoms with Gasteiger partial charge in [0.2, 0.25) is 5.91 Å². The lowest BCUT2D eigenvalue weighted by molar-refractivity contribution is -0.114. The number of hydrogen-bond donors (Lipinski definition) is 2. The summed E-state index contributed by atoms with van der Waals surface area (Å²) in [5.41, 5.74) is 0.780. The van der Waals surface area contributed by atoms with E-state index >= 15 is 0 Å². The lowest BCUT2D eigenvalue weighted by Gasteiger charge is -2.22. The number of aromatic nitrogens is 2. The lowest BCUT2D eigenvalue weighted by atomic mass is 9.95. The Balaban J connectivity index is 1.78. The lowest BCUT2D eigenvalue weighted by Crippen LogP contribution is -2.28. The molecule has 5 heteroatoms. The molecule has 0 bridgehead atoms. The summed E-state index contributed by atoms with van der Waals surface area (Å²) in [4.78, 5) is 10.9. The monoisotopic (exact) mass is 236 g/mol. The van der Waals surface area contributed by atoms with Gasteiger partial charge in [-0.2, -0.15) is 5.10 Å². The van der Waals surface area contributed by atoms with Crippen molar-refractivity contribution in [1.82, 2.24) is 15.1 Å². The highest BCUT2D eigenvalue weighted by Crippen LogP contribution is 2.17. The van der Waals surface area contributed by atoms with Gasteiger partial charge in [0.05, 0.1) is 11.9 Å². The van der Waals surface area contributed by atoms with Gasteiger partial charge in [-0.1, -0.05) is 0 Å². The average Bonchev–Trinajstić information content (AvgIpc) is 2.75. The van der Waals surface area contributed by atoms with Crippen LogP contribution in [0.1, 0.15) is 26.2 Å². The van der Waals surface area contributed by atoms with E-state index in [4.69, 9.17) is 0 Å². The van der Waals surface area contributed by atoms with Crippen molar-refractivity contribution in [2.75, 3.05) is 18.4 Å². The molecule has 2 heterocycles. The molecule has 94 valence electrons. The predicted octanol–water partition coefficient (Wildman–Crippen LogP) is 1.23. The molecule has 17 heavy (non-hydrogen) atoms. The molecule has 1 amide bonds. The van der Waals surface area contributed by atoms with Crippen molar-refractivity contribution < 1.29 is 4.79 Å². The zero-order valence-corrected chi connectivity index (χ0v) is 10.3. The minimum absolute atomic E-state index is 0.0529. The van der Waals surface area contributed by atoms with Gasteiger partial charge in [-0.3, -0.25) is 9.48 Å². The van der Waals surface area contributed by atoms with Crippen LogP contribution in [0.4, 0.5) is 5.69 Å². The van der Waals surface area contributed by atoms with Gasteiger partial charge < -0.3 is 10.6 Å². The molecule has 1 aromatic heterocycles. The van der Waals surface area contributed by atoms with Gasteiger partial charge in [-0.15, -0.1) is 0 Å². The fourth-order valence-corrected chi connectivity index (χ4v) is 2.24. The van der Waals surface area contributed by atoms with E-state index in [0.29, 0.717) is 0 Å². The maximum Gasteiger partial charge on any atom is 0.221 e. The maximum atomic E-state index is 10.9. The van der Waals surface area contributed by atoms with Gasteiger partial charge in [-0.05, 0) is 38.3 Å². The third-order valence-corrected chi connectivity index (χ3v) is 3.18. The molecule has 1 aliphatic rings. The number of carbonyl (C=O) groups excluding carboxylic acids is 1. The first kappa shape index (κ1) is 12.1. The Hall–Kier alpha value is -1.36. The summed E-state index contributed by atoms with van der Waals surface area (Å²) in [6, 6.07) is 0. The first-order valence-electron chi connectivity index (χ1n) is 6.25. The van der Waals surface area contributed by atoms with E-state index in [0.717, 1.165) is 31.2 Å². The molecular weight excluding hydrogens is 216 g/mol. The van der Waals surface area contributed by atoms with Crippen LogP contribution in [-0.4, -0.2) is 28.8 Å². The molecule has 0 unspecified atom stereocenters. The Labute approximate surface area is 102 Å². The zero-order valence-electron chi connectivity index (χ0n) is 10.3. The molecule has 5 nitrogen and oxygen atoms in total. The highest BCUT2D eigenvalue weighted by Gasteiger charge is 2.12. The highest BCUT2D eigenvalue weighted by atomic mass is 16.1. The van der Waals surface area contributed by atoms with Gasteiger partial charge >= 0.3 is 0 Å². The molecule has 0 radical (unpaired) electrons. The van der Waals surface area contributed by atoms with Crippen LogP contribution in [0.25, 0.3) is 0 Å². The minimum Gasteiger partial charge on any atom is -0.324 e. The molecular formula is C12H20N4O. The predicted molar refractivity (Wildman–Crippen MR) is 66.7 cm³/mol. The normalized spacial score (nSPS) is 17.0. The number of carbonyl (C=O) groups is 1. The summed E-state index contributed by atoms with van der Waals surface area (Å²) in [5.74, 6) is 0.757. The van der Waals surface area contributed by atoms with Crippen LogP contribution in [0.2, 0.25) is 0 Å². The first-order chi connectivity index (χ1) is 8.24. The fourth-order valence-electron chi connectivity index (χ4n) is 2.24. The molecule has 0 aliphatic carbocycles. The maximum absolute atomic E-state index is 10.9. The number of anilines is 1. The largest absolute Gasteiger partial charge is 0.324 e. The third kappa shape index (κ3) is 3.85. The van der Waals surface area contributed by atoms with E-state index in [-0.39, 0.29) is 5.91 Å². The number of nitrogens with one attached hydrogen (secondary N) is 2. The van der Waals surface area contributed by atoms with E-state index in [1.807, 2.05) is 10.9 Å². The van der Waals surface area contributed by atoms with Crippen LogP contribution in [0.15, 0.2) is 12.4 Å². The van der Waals surface area contributed by atoms with Gasteiger partial charge in [0.15, 0.2) is 0 Å². The number of aryl methyl sites for hydroxylation is 1. The van der Waals surface area contributed by atoms with E-state index < -0.39 is 0 Å². The Morgan fingerprint density at radius 3 is 3.06 bits per heavy atom. The van der Waals surface area contributed by atoms with Crippen molar-refractivity contribution in [2.45, 2.75) is 32.7 Å². The summed E-state index contributed by atoms with van der Waals surface area (Å²) >= 11 is 0. The molecule has 0 saturated carbocycles. The molecule has 1 aromatic rings. The van der Waals surface area contributed by atoms with Crippen molar-refractivity contribution >= 4 is 11.6 Å². The van der Waals surface area contributed by atoms with Gasteiger partial charge in [0.1, 0.15) is 0 Å². The third-order valence-electron chi connectivity index (χ3n) is 3.18. The average molecular weight is 236 g/mol. The molecule has 1 fully saturated rings. The number of piperidine rings is 1. The second-order valence-corrected chi connectivity index (χ2v) is 4.66. The van der Waals surface area contributed by atoms with E-state index in [9.17, 15) is 4.79 Å². The summed E-state index contributed by atoms with van der Waals surface area (Å²) < 4.78 is 1.91. The van der Waals surface area contributed by atoms with Crippen molar-refractivity contribution in [3.8, 4) is 0 Å². The van der Waals surface area contributed by atoms with Crippen molar-refractivity contribution in [1.29, 1.82) is 0 Å². The summed E-state index contributed by atoms with van der Waals surface area (Å²) in [7, 11) is 0. The van der Waals surface area contributed by atoms with Crippen LogP contribution in [0.3, 0.4) is 0 Å². The Kier molecular flexibility index (Phi) is 4.14. The Bertz CT molecular complexity index is 368. The summed E-state index contributed by atoms with van der Waals surface area (Å²) in [6.07, 6.45) is 7.29. The number of nitrogens with zero attached hydrogens (tertiary/aromatic N) is 2. The van der Waals surface area contributed by atoms with Crippen LogP contribution < -0.4 is 10.6 Å². The number of amides is 1. The van der Waals surface area contributed by atoms with Crippen molar-refractivity contribution in [3.05, 3.63) is 12.4 Å². The molecule has 1 saturated heterocycles. The highest BCUT2D eigenvalue weighted by molar-refractivity contribution is 5.88. The Morgan fingerprint density at radius 1 is 1.59 bits per heavy atom. The minimum atomic E-state index is -0.0529.